The van der Waals surface area contributed by atoms with Gasteiger partial charge in [0.05, 0.1) is 26.1 Å². The van der Waals surface area contributed by atoms with Crippen LogP contribution in [0.1, 0.15) is 54.9 Å². The van der Waals surface area contributed by atoms with E-state index in [4.69, 9.17) is 24.6 Å². The van der Waals surface area contributed by atoms with Crippen LogP contribution in [0.3, 0.4) is 0 Å². The number of nitrogens with two attached hydrogens (primary N) is 1. The molecule has 0 bridgehead atoms. The Bertz CT molecular complexity index is 1320. The first-order valence-electron chi connectivity index (χ1n) is 11.9. The lowest BCUT2D eigenvalue weighted by atomic mass is 10.0. The van der Waals surface area contributed by atoms with Crippen LogP contribution in [-0.2, 0) is 11.3 Å². The molecule has 1 amide bonds. The fourth-order valence-electron chi connectivity index (χ4n) is 4.15. The lowest BCUT2D eigenvalue weighted by Gasteiger charge is -2.33. The smallest absolute Gasteiger partial charge is 0.308 e. The molecule has 4 rings (SSSR count). The van der Waals surface area contributed by atoms with Gasteiger partial charge < -0.3 is 19.9 Å². The molecule has 1 aliphatic heterocycles. The lowest BCUT2D eigenvalue weighted by molar-refractivity contribution is -0.132. The number of aromatic nitrogens is 5. The van der Waals surface area contributed by atoms with Gasteiger partial charge in [-0.2, -0.15) is 9.78 Å². The van der Waals surface area contributed by atoms with E-state index in [0.717, 1.165) is 25.8 Å². The average Bonchev–Trinajstić information content (AvgIpc) is 3.51. The number of carbonyl (C=O) groups excluding carboxylic acids is 2. The number of anilines is 1. The predicted octanol–water partition coefficient (Wildman–Crippen LogP) is 1.74. The third-order valence-corrected chi connectivity index (χ3v) is 6.08. The molecule has 0 saturated carbocycles. The second kappa shape index (κ2) is 13.0. The summed E-state index contributed by atoms with van der Waals surface area (Å²) in [6.07, 6.45) is 4.63. The number of nitrogens with one attached hydrogen (secondary N) is 1. The molecule has 1 saturated heterocycles. The van der Waals surface area contributed by atoms with E-state index >= 15 is 0 Å². The van der Waals surface area contributed by atoms with Gasteiger partial charge in [0.1, 0.15) is 0 Å². The Morgan fingerprint density at radius 3 is 2.54 bits per heavy atom. The topological polar surface area (TPSA) is 185 Å². The summed E-state index contributed by atoms with van der Waals surface area (Å²) >= 11 is 0. The van der Waals surface area contributed by atoms with Gasteiger partial charge in [-0.1, -0.05) is 11.6 Å². The van der Waals surface area contributed by atoms with Crippen molar-refractivity contribution in [2.75, 3.05) is 26.5 Å². The minimum absolute atomic E-state index is 0. The Labute approximate surface area is 230 Å². The highest BCUT2D eigenvalue weighted by molar-refractivity contribution is 5.94. The fraction of sp³-hybridized carbons (Fsp3) is 0.435. The van der Waals surface area contributed by atoms with Gasteiger partial charge in [-0.05, 0) is 48.8 Å². The quantitative estimate of drug-likeness (QED) is 0.166. The fourth-order valence-corrected chi connectivity index (χ4v) is 4.15. The second-order valence-corrected chi connectivity index (χ2v) is 8.63. The molecular formula is C23H30ClN9O6. The summed E-state index contributed by atoms with van der Waals surface area (Å²) in [4.78, 5) is 26.8. The highest BCUT2D eigenvalue weighted by Gasteiger charge is 2.28. The summed E-state index contributed by atoms with van der Waals surface area (Å²) in [5.41, 5.74) is 9.39. The molecule has 0 aliphatic carbocycles. The number of amides is 1. The molecule has 0 radical (unpaired) electrons. The molecule has 1 atom stereocenters. The summed E-state index contributed by atoms with van der Waals surface area (Å²) in [7, 11) is 2.85. The van der Waals surface area contributed by atoms with E-state index in [0.29, 0.717) is 23.8 Å². The number of piperidine rings is 1. The van der Waals surface area contributed by atoms with Crippen LogP contribution in [0.2, 0.25) is 0 Å². The van der Waals surface area contributed by atoms with Crippen LogP contribution in [0.15, 0.2) is 21.9 Å². The number of nitrogens with zero attached hydrogens (tertiary/aromatic N) is 7. The Morgan fingerprint density at radius 2 is 1.95 bits per heavy atom. The first kappa shape index (κ1) is 29.3. The van der Waals surface area contributed by atoms with Crippen molar-refractivity contribution in [2.45, 2.75) is 45.7 Å². The van der Waals surface area contributed by atoms with E-state index in [1.54, 1.807) is 12.1 Å². The van der Waals surface area contributed by atoms with Crippen LogP contribution in [0, 0.1) is 0 Å². The maximum Gasteiger partial charge on any atom is 0.308 e. The summed E-state index contributed by atoms with van der Waals surface area (Å²) in [6.45, 7) is 4.66. The number of rotatable bonds is 9. The standard InChI is InChI=1S/C23H29N9O6.ClH/c1-13-7-5-6-8-31(13)12-16-19(26-30-32(16)22-21(24)28-38-29-22)23(34)27-25-11-15-9-17(35-3)20(37-14(2)33)18(10-15)36-4;/h9-11,13H,5-8,12H2,1-4H3,(H2,24,28)(H,27,34);1H/b25-11-;. The van der Waals surface area contributed by atoms with Crippen molar-refractivity contribution in [3.05, 3.63) is 29.1 Å². The van der Waals surface area contributed by atoms with Crippen molar-refractivity contribution >= 4 is 36.3 Å². The van der Waals surface area contributed by atoms with Crippen LogP contribution in [-0.4, -0.2) is 75.1 Å². The van der Waals surface area contributed by atoms with Gasteiger partial charge in [-0.3, -0.25) is 14.5 Å². The Kier molecular flexibility index (Phi) is 9.78. The van der Waals surface area contributed by atoms with Crippen LogP contribution < -0.4 is 25.4 Å². The number of esters is 1. The molecule has 1 unspecified atom stereocenters. The minimum atomic E-state index is -0.586. The van der Waals surface area contributed by atoms with E-state index < -0.39 is 11.9 Å². The predicted molar refractivity (Wildman–Crippen MR) is 141 cm³/mol. The van der Waals surface area contributed by atoms with Gasteiger partial charge in [0.25, 0.3) is 5.91 Å². The van der Waals surface area contributed by atoms with Gasteiger partial charge in [-0.25, -0.2) is 10.1 Å². The summed E-state index contributed by atoms with van der Waals surface area (Å²) in [6, 6.07) is 3.47. The zero-order valence-corrected chi connectivity index (χ0v) is 22.7. The van der Waals surface area contributed by atoms with Crippen molar-refractivity contribution in [1.29, 1.82) is 0 Å². The lowest BCUT2D eigenvalue weighted by Crippen LogP contribution is -2.38. The number of methoxy groups -OCH3 is 2. The van der Waals surface area contributed by atoms with Crippen molar-refractivity contribution in [3.63, 3.8) is 0 Å². The third-order valence-electron chi connectivity index (χ3n) is 6.08. The number of halogens is 1. The normalized spacial score (nSPS) is 15.5. The van der Waals surface area contributed by atoms with Crippen molar-refractivity contribution in [2.24, 2.45) is 5.10 Å². The number of likely N-dealkylation sites (tertiary alicyclic amines) is 1. The maximum atomic E-state index is 13.1. The van der Waals surface area contributed by atoms with Gasteiger partial charge >= 0.3 is 5.97 Å². The van der Waals surface area contributed by atoms with E-state index in [9.17, 15) is 9.59 Å². The van der Waals surface area contributed by atoms with Gasteiger partial charge in [0, 0.05) is 25.1 Å². The SMILES string of the molecule is COc1cc(/C=N\NC(=O)c2nnn(-c3nonc3N)c2CN2CCCCC2C)cc(OC)c1OC(C)=O.Cl. The summed E-state index contributed by atoms with van der Waals surface area (Å²) in [5, 5.41) is 19.6. The van der Waals surface area contributed by atoms with E-state index in [1.165, 1.54) is 32.0 Å². The van der Waals surface area contributed by atoms with Gasteiger partial charge in [0.15, 0.2) is 17.2 Å². The number of hydrazone groups is 1. The molecule has 2 aromatic heterocycles. The largest absolute Gasteiger partial charge is 0.493 e. The zero-order chi connectivity index (χ0) is 27.2. The molecule has 0 spiro atoms. The first-order chi connectivity index (χ1) is 18.3. The van der Waals surface area contributed by atoms with E-state index in [2.05, 4.69) is 43.0 Å². The monoisotopic (exact) mass is 563 g/mol. The van der Waals surface area contributed by atoms with Gasteiger partial charge in [0.2, 0.25) is 17.4 Å². The highest BCUT2D eigenvalue weighted by Crippen LogP contribution is 2.38. The molecule has 1 aromatic carbocycles. The minimum Gasteiger partial charge on any atom is -0.493 e. The Hall–Kier alpha value is -4.24. The van der Waals surface area contributed by atoms with Crippen LogP contribution in [0.25, 0.3) is 5.82 Å². The molecule has 1 fully saturated rings. The Morgan fingerprint density at radius 1 is 1.23 bits per heavy atom. The molecule has 1 aliphatic rings. The molecule has 3 aromatic rings. The maximum absolute atomic E-state index is 13.1. The number of hydrogen-bond donors (Lipinski definition) is 2. The third kappa shape index (κ3) is 6.61. The number of benzene rings is 1. The van der Waals surface area contributed by atoms with Crippen molar-refractivity contribution in [3.8, 4) is 23.1 Å². The summed E-state index contributed by atoms with van der Waals surface area (Å²) < 4.78 is 21.9. The van der Waals surface area contributed by atoms with Crippen LogP contribution in [0.5, 0.6) is 17.2 Å². The molecule has 3 heterocycles. The number of nitrogen functional groups attached to an aromatic ring is 1. The molecular weight excluding hydrogens is 534 g/mol. The van der Waals surface area contributed by atoms with Crippen LogP contribution in [0.4, 0.5) is 5.82 Å². The molecule has 3 N–H and O–H groups in total. The molecule has 15 nitrogen and oxygen atoms in total. The van der Waals surface area contributed by atoms with Crippen LogP contribution >= 0.6 is 12.4 Å². The van der Waals surface area contributed by atoms with E-state index in [1.807, 2.05) is 0 Å². The second-order valence-electron chi connectivity index (χ2n) is 8.63. The molecule has 210 valence electrons. The summed E-state index contributed by atoms with van der Waals surface area (Å²) in [5.74, 6) is -0.295. The number of hydrogen-bond acceptors (Lipinski definition) is 13. The van der Waals surface area contributed by atoms with E-state index in [-0.39, 0.29) is 47.0 Å². The number of carbonyl (C=O) groups is 2. The van der Waals surface area contributed by atoms with Crippen molar-refractivity contribution in [1.82, 2.24) is 35.6 Å². The zero-order valence-electron chi connectivity index (χ0n) is 21.9. The van der Waals surface area contributed by atoms with Crippen molar-refractivity contribution < 1.29 is 28.4 Å². The first-order valence-corrected chi connectivity index (χ1v) is 11.9. The number of ether oxygens (including phenoxy) is 3. The average molecular weight is 564 g/mol. The highest BCUT2D eigenvalue weighted by atomic mass is 35.5. The molecule has 39 heavy (non-hydrogen) atoms. The van der Waals surface area contributed by atoms with Gasteiger partial charge in [-0.15, -0.1) is 17.5 Å². The Balaban J connectivity index is 0.00000420. The molecule has 16 heteroatoms.